The molecule has 0 fully saturated rings. The molecule has 39 heavy (non-hydrogen) atoms. The highest BCUT2D eigenvalue weighted by Crippen LogP contribution is 2.43. The topological polar surface area (TPSA) is 0 Å². The van der Waals surface area contributed by atoms with Crippen LogP contribution in [0.4, 0.5) is 0 Å². The summed E-state index contributed by atoms with van der Waals surface area (Å²) in [7, 11) is 1.23. The second-order valence-electron chi connectivity index (χ2n) is 11.5. The van der Waals surface area contributed by atoms with Crippen molar-refractivity contribution in [2.75, 3.05) is 12.3 Å². The zero-order valence-electron chi connectivity index (χ0n) is 24.9. The average Bonchev–Trinajstić information content (AvgIpc) is 3.00. The van der Waals surface area contributed by atoms with E-state index in [9.17, 15) is 0 Å². The molecule has 3 aromatic carbocycles. The Kier molecular flexibility index (Phi) is 16.2. The number of hydrogen-bond donors (Lipinski definition) is 0. The Bertz CT molecular complexity index is 853. The van der Waals surface area contributed by atoms with Crippen LogP contribution in [0, 0.1) is 0 Å². The van der Waals surface area contributed by atoms with Gasteiger partial charge in [0.15, 0.2) is 0 Å². The molecule has 1 heteroatoms. The molecule has 1 unspecified atom stereocenters. The van der Waals surface area contributed by atoms with E-state index >= 15 is 0 Å². The summed E-state index contributed by atoms with van der Waals surface area (Å²) < 4.78 is 0. The Morgan fingerprint density at radius 3 is 1.13 bits per heavy atom. The fraction of sp³-hybridized carbons (Fsp3) is 0.526. The number of hydrogen-bond acceptors (Lipinski definition) is 0. The molecular weight excluding hydrogens is 487 g/mol. The molecule has 0 nitrogen and oxygen atoms in total. The van der Waals surface area contributed by atoms with Crippen LogP contribution in [0.3, 0.4) is 0 Å². The van der Waals surface area contributed by atoms with Gasteiger partial charge in [0, 0.05) is 5.41 Å². The fourth-order valence-corrected chi connectivity index (χ4v) is 7.38. The maximum absolute atomic E-state index is 2.33. The van der Waals surface area contributed by atoms with Gasteiger partial charge in [-0.3, -0.25) is 0 Å². The zero-order valence-corrected chi connectivity index (χ0v) is 25.9. The molecule has 0 N–H and O–H groups in total. The van der Waals surface area contributed by atoms with Crippen LogP contribution in [0.25, 0.3) is 0 Å². The lowest BCUT2D eigenvalue weighted by Gasteiger charge is -2.36. The van der Waals surface area contributed by atoms with Gasteiger partial charge in [0.2, 0.25) is 0 Å². The first-order chi connectivity index (χ1) is 19.4. The molecule has 0 heterocycles. The molecule has 0 saturated carbocycles. The molecule has 3 aromatic rings. The zero-order chi connectivity index (χ0) is 27.3. The van der Waals surface area contributed by atoms with Gasteiger partial charge in [0.05, 0.1) is 0 Å². The van der Waals surface area contributed by atoms with Crippen molar-refractivity contribution in [3.05, 3.63) is 108 Å². The predicted molar refractivity (Wildman–Crippen MR) is 177 cm³/mol. The molecule has 3 rings (SSSR count). The van der Waals surface area contributed by atoms with E-state index < -0.39 is 0 Å². The van der Waals surface area contributed by atoms with E-state index in [2.05, 4.69) is 97.9 Å². The maximum Gasteiger partial charge on any atom is 0.0451 e. The lowest BCUT2D eigenvalue weighted by atomic mass is 9.66. The molecular formula is C38H55P. The van der Waals surface area contributed by atoms with Crippen LogP contribution < -0.4 is 0 Å². The first kappa shape index (κ1) is 31.6. The molecule has 0 aliphatic heterocycles. The maximum atomic E-state index is 2.33. The van der Waals surface area contributed by atoms with E-state index in [1.165, 1.54) is 134 Å². The van der Waals surface area contributed by atoms with E-state index in [0.717, 1.165) is 6.42 Å². The Morgan fingerprint density at radius 2 is 0.744 bits per heavy atom. The lowest BCUT2D eigenvalue weighted by Crippen LogP contribution is -2.29. The van der Waals surface area contributed by atoms with Gasteiger partial charge in [-0.05, 0) is 48.3 Å². The lowest BCUT2D eigenvalue weighted by molar-refractivity contribution is 0.492. The van der Waals surface area contributed by atoms with Crippen molar-refractivity contribution in [1.29, 1.82) is 0 Å². The van der Waals surface area contributed by atoms with Crippen molar-refractivity contribution < 1.29 is 0 Å². The summed E-state index contributed by atoms with van der Waals surface area (Å²) in [6.45, 7) is 2.30. The Hall–Kier alpha value is -1.91. The van der Waals surface area contributed by atoms with Crippen LogP contribution >= 0.6 is 8.58 Å². The second kappa shape index (κ2) is 20.0. The van der Waals surface area contributed by atoms with Crippen molar-refractivity contribution >= 4 is 8.58 Å². The highest BCUT2D eigenvalue weighted by molar-refractivity contribution is 7.37. The number of benzene rings is 3. The largest absolute Gasteiger partial charge is 0.122 e. The van der Waals surface area contributed by atoms with Crippen molar-refractivity contribution in [3.63, 3.8) is 0 Å². The third-order valence-corrected chi connectivity index (χ3v) is 9.83. The summed E-state index contributed by atoms with van der Waals surface area (Å²) in [4.78, 5) is 0. The van der Waals surface area contributed by atoms with Gasteiger partial charge in [-0.2, -0.15) is 0 Å². The van der Waals surface area contributed by atoms with Crippen LogP contribution in [-0.2, 0) is 5.41 Å². The summed E-state index contributed by atoms with van der Waals surface area (Å²) >= 11 is 0. The first-order valence-corrected chi connectivity index (χ1v) is 17.7. The fourth-order valence-electron chi connectivity index (χ4n) is 6.13. The summed E-state index contributed by atoms with van der Waals surface area (Å²) in [6.07, 6.45) is 25.4. The molecule has 0 spiro atoms. The smallest absolute Gasteiger partial charge is 0.0451 e. The second-order valence-corrected chi connectivity index (χ2v) is 13.0. The number of rotatable bonds is 22. The molecule has 0 amide bonds. The van der Waals surface area contributed by atoms with Gasteiger partial charge in [-0.1, -0.05) is 181 Å². The highest BCUT2D eigenvalue weighted by Gasteiger charge is 2.35. The Morgan fingerprint density at radius 1 is 0.410 bits per heavy atom. The van der Waals surface area contributed by atoms with Gasteiger partial charge >= 0.3 is 0 Å². The van der Waals surface area contributed by atoms with Crippen molar-refractivity contribution in [2.24, 2.45) is 0 Å². The Labute approximate surface area is 243 Å². The standard InChI is InChI=1S/C38H55P/c1-2-3-4-24-33-39-34-25-13-11-9-7-5-6-8-10-12-23-32-38(35-26-17-14-18-27-35,36-28-19-15-20-29-36)37-30-21-16-22-31-37/h14-22,26-31,39H,2-13,23-25,32-34H2,1H3. The van der Waals surface area contributed by atoms with Gasteiger partial charge in [0.25, 0.3) is 0 Å². The molecule has 0 bridgehead atoms. The normalized spacial score (nSPS) is 11.9. The third kappa shape index (κ3) is 11.2. The van der Waals surface area contributed by atoms with Gasteiger partial charge in [-0.15, -0.1) is 8.58 Å². The molecule has 0 aromatic heterocycles. The molecule has 0 aliphatic carbocycles. The predicted octanol–water partition coefficient (Wildman–Crippen LogP) is 12.0. The van der Waals surface area contributed by atoms with E-state index in [-0.39, 0.29) is 5.41 Å². The van der Waals surface area contributed by atoms with Gasteiger partial charge in [0.1, 0.15) is 0 Å². The van der Waals surface area contributed by atoms with Crippen LogP contribution in [0.5, 0.6) is 0 Å². The van der Waals surface area contributed by atoms with E-state index in [4.69, 9.17) is 0 Å². The summed E-state index contributed by atoms with van der Waals surface area (Å²) in [5.74, 6) is 0. The average molecular weight is 543 g/mol. The van der Waals surface area contributed by atoms with Crippen molar-refractivity contribution in [3.8, 4) is 0 Å². The number of unbranched alkanes of at least 4 members (excludes halogenated alkanes) is 13. The summed E-state index contributed by atoms with van der Waals surface area (Å²) in [5.41, 5.74) is 4.15. The minimum atomic E-state index is -0.0840. The Balaban J connectivity index is 1.34. The van der Waals surface area contributed by atoms with Gasteiger partial charge in [-0.25, -0.2) is 0 Å². The van der Waals surface area contributed by atoms with Crippen molar-refractivity contribution in [2.45, 2.75) is 115 Å². The molecule has 212 valence electrons. The van der Waals surface area contributed by atoms with Crippen LogP contribution in [0.15, 0.2) is 91.0 Å². The van der Waals surface area contributed by atoms with Crippen LogP contribution in [0.2, 0.25) is 0 Å². The minimum Gasteiger partial charge on any atom is -0.122 e. The van der Waals surface area contributed by atoms with Gasteiger partial charge < -0.3 is 0 Å². The molecule has 0 aliphatic rings. The SMILES string of the molecule is CCCCCCPCCCCCCCCCCCCCC(c1ccccc1)(c1ccccc1)c1ccccc1. The molecule has 0 saturated heterocycles. The summed E-state index contributed by atoms with van der Waals surface area (Å²) in [5, 5.41) is 0. The molecule has 0 radical (unpaired) electrons. The minimum absolute atomic E-state index is 0.0840. The van der Waals surface area contributed by atoms with E-state index in [1.807, 2.05) is 0 Å². The monoisotopic (exact) mass is 542 g/mol. The first-order valence-electron chi connectivity index (χ1n) is 16.2. The molecule has 1 atom stereocenters. The highest BCUT2D eigenvalue weighted by atomic mass is 31.1. The van der Waals surface area contributed by atoms with Crippen LogP contribution in [0.1, 0.15) is 126 Å². The van der Waals surface area contributed by atoms with Crippen LogP contribution in [-0.4, -0.2) is 12.3 Å². The van der Waals surface area contributed by atoms with E-state index in [0.29, 0.717) is 0 Å². The third-order valence-electron chi connectivity index (χ3n) is 8.41. The summed E-state index contributed by atoms with van der Waals surface area (Å²) in [6, 6.07) is 33.6. The van der Waals surface area contributed by atoms with Crippen molar-refractivity contribution in [1.82, 2.24) is 0 Å². The quantitative estimate of drug-likeness (QED) is 0.0673. The van der Waals surface area contributed by atoms with E-state index in [1.54, 1.807) is 0 Å².